The van der Waals surface area contributed by atoms with Crippen LogP contribution in [0.1, 0.15) is 19.4 Å². The summed E-state index contributed by atoms with van der Waals surface area (Å²) in [6.07, 6.45) is 0.0971. The standard InChI is InChI=1S/C13H18BrO5P/c1-3-18-20(17,19-4-2)12(13(15)16)9-10-5-7-11(14)8-6-10/h5-8,12H,3-4,9H2,1-2H3,(H,15,16). The Balaban J connectivity index is 3.00. The number of rotatable bonds is 8. The van der Waals surface area contributed by atoms with Crippen LogP contribution in [0.3, 0.4) is 0 Å². The van der Waals surface area contributed by atoms with Crippen LogP contribution in [0.2, 0.25) is 0 Å². The van der Waals surface area contributed by atoms with E-state index in [1.807, 2.05) is 0 Å². The first-order chi connectivity index (χ1) is 9.42. The van der Waals surface area contributed by atoms with Crippen LogP contribution in [0.15, 0.2) is 28.7 Å². The highest BCUT2D eigenvalue weighted by Gasteiger charge is 2.41. The quantitative estimate of drug-likeness (QED) is 0.711. The maximum absolute atomic E-state index is 12.6. The van der Waals surface area contributed by atoms with Crippen LogP contribution in [0.5, 0.6) is 0 Å². The van der Waals surface area contributed by atoms with Crippen LogP contribution < -0.4 is 0 Å². The third-order valence-corrected chi connectivity index (χ3v) is 5.56. The van der Waals surface area contributed by atoms with Gasteiger partial charge in [-0.25, -0.2) is 0 Å². The fourth-order valence-corrected chi connectivity index (χ4v) is 3.88. The van der Waals surface area contributed by atoms with Gasteiger partial charge in [0, 0.05) is 4.47 Å². The molecule has 0 saturated heterocycles. The van der Waals surface area contributed by atoms with Crippen LogP contribution in [-0.4, -0.2) is 29.9 Å². The van der Waals surface area contributed by atoms with Gasteiger partial charge in [0.05, 0.1) is 13.2 Å². The molecule has 1 atom stereocenters. The Morgan fingerprint density at radius 1 is 1.25 bits per heavy atom. The number of hydrogen-bond acceptors (Lipinski definition) is 4. The molecular weight excluding hydrogens is 347 g/mol. The summed E-state index contributed by atoms with van der Waals surface area (Å²) in [4.78, 5) is 11.4. The minimum Gasteiger partial charge on any atom is -0.481 e. The lowest BCUT2D eigenvalue weighted by Crippen LogP contribution is -2.25. The molecule has 5 nitrogen and oxygen atoms in total. The number of benzene rings is 1. The van der Waals surface area contributed by atoms with E-state index in [-0.39, 0.29) is 19.6 Å². The molecule has 0 fully saturated rings. The van der Waals surface area contributed by atoms with E-state index in [9.17, 15) is 14.5 Å². The van der Waals surface area contributed by atoms with E-state index in [1.165, 1.54) is 0 Å². The first-order valence-corrected chi connectivity index (χ1v) is 8.69. The van der Waals surface area contributed by atoms with Crippen LogP contribution in [-0.2, 0) is 24.8 Å². The molecule has 7 heteroatoms. The second-order valence-electron chi connectivity index (χ2n) is 4.06. The molecule has 1 aromatic rings. The average Bonchev–Trinajstić information content (AvgIpc) is 2.38. The van der Waals surface area contributed by atoms with Crippen molar-refractivity contribution in [1.29, 1.82) is 0 Å². The molecule has 20 heavy (non-hydrogen) atoms. The molecule has 0 bridgehead atoms. The predicted octanol–water partition coefficient (Wildman–Crippen LogP) is 3.71. The first kappa shape index (κ1) is 17.4. The molecule has 1 N–H and O–H groups in total. The molecule has 0 aliphatic heterocycles. The number of halogens is 1. The van der Waals surface area contributed by atoms with Crippen LogP contribution in [0, 0.1) is 0 Å². The SMILES string of the molecule is CCOP(=O)(OCC)C(Cc1ccc(Br)cc1)C(=O)O. The van der Waals surface area contributed by atoms with Crippen molar-refractivity contribution in [3.8, 4) is 0 Å². The summed E-state index contributed by atoms with van der Waals surface area (Å²) in [6.45, 7) is 3.59. The highest BCUT2D eigenvalue weighted by Crippen LogP contribution is 2.54. The summed E-state index contributed by atoms with van der Waals surface area (Å²) in [5, 5.41) is 9.34. The predicted molar refractivity (Wildman–Crippen MR) is 80.1 cm³/mol. The van der Waals surface area contributed by atoms with Gasteiger partial charge < -0.3 is 14.2 Å². The lowest BCUT2D eigenvalue weighted by Gasteiger charge is -2.23. The van der Waals surface area contributed by atoms with E-state index < -0.39 is 19.2 Å². The first-order valence-electron chi connectivity index (χ1n) is 6.29. The maximum Gasteiger partial charge on any atom is 0.345 e. The topological polar surface area (TPSA) is 72.8 Å². The van der Waals surface area contributed by atoms with Gasteiger partial charge in [-0.1, -0.05) is 28.1 Å². The van der Waals surface area contributed by atoms with Gasteiger partial charge in [0.15, 0.2) is 5.66 Å². The molecule has 1 aromatic carbocycles. The normalized spacial score (nSPS) is 13.2. The summed E-state index contributed by atoms with van der Waals surface area (Å²) in [5.41, 5.74) is -0.441. The highest BCUT2D eigenvalue weighted by atomic mass is 79.9. The molecule has 112 valence electrons. The number of carbonyl (C=O) groups is 1. The van der Waals surface area contributed by atoms with Gasteiger partial charge in [-0.15, -0.1) is 0 Å². The van der Waals surface area contributed by atoms with Gasteiger partial charge in [0.25, 0.3) is 0 Å². The number of carboxylic acids is 1. The lowest BCUT2D eigenvalue weighted by atomic mass is 10.1. The molecule has 0 saturated carbocycles. The van der Waals surface area contributed by atoms with E-state index in [1.54, 1.807) is 38.1 Å². The summed E-state index contributed by atoms with van der Waals surface area (Å²) >= 11 is 3.31. The smallest absolute Gasteiger partial charge is 0.345 e. The van der Waals surface area contributed by atoms with E-state index in [2.05, 4.69) is 15.9 Å². The lowest BCUT2D eigenvalue weighted by molar-refractivity contribution is -0.137. The molecule has 0 heterocycles. The minimum atomic E-state index is -3.67. The Morgan fingerprint density at radius 3 is 2.15 bits per heavy atom. The van der Waals surface area contributed by atoms with Crippen LogP contribution in [0.4, 0.5) is 0 Å². The summed E-state index contributed by atoms with van der Waals surface area (Å²) in [5.74, 6) is -1.18. The van der Waals surface area contributed by atoms with Gasteiger partial charge in [-0.3, -0.25) is 9.36 Å². The maximum atomic E-state index is 12.6. The number of hydrogen-bond donors (Lipinski definition) is 1. The molecule has 0 aliphatic rings. The van der Waals surface area contributed by atoms with Crippen molar-refractivity contribution in [2.45, 2.75) is 25.9 Å². The second kappa shape index (κ2) is 7.93. The minimum absolute atomic E-state index is 0.0971. The zero-order valence-electron chi connectivity index (χ0n) is 11.4. The van der Waals surface area contributed by atoms with Crippen molar-refractivity contribution < 1.29 is 23.5 Å². The van der Waals surface area contributed by atoms with Gasteiger partial charge >= 0.3 is 13.6 Å². The zero-order chi connectivity index (χ0) is 15.2. The van der Waals surface area contributed by atoms with Gasteiger partial charge in [0.2, 0.25) is 0 Å². The Morgan fingerprint density at radius 2 is 1.75 bits per heavy atom. The van der Waals surface area contributed by atoms with Crippen molar-refractivity contribution in [2.24, 2.45) is 0 Å². The average molecular weight is 365 g/mol. The fraction of sp³-hybridized carbons (Fsp3) is 0.462. The van der Waals surface area contributed by atoms with Crippen molar-refractivity contribution in [2.75, 3.05) is 13.2 Å². The molecule has 0 amide bonds. The number of aliphatic carboxylic acids is 1. The summed E-state index contributed by atoms with van der Waals surface area (Å²) in [7, 11) is -3.67. The van der Waals surface area contributed by atoms with Crippen LogP contribution >= 0.6 is 23.5 Å². The Kier molecular flexibility index (Phi) is 6.89. The van der Waals surface area contributed by atoms with Gasteiger partial charge in [-0.05, 0) is 38.0 Å². The number of carboxylic acid groups (broad SMARTS) is 1. The molecule has 0 aliphatic carbocycles. The Hall–Kier alpha value is -0.680. The zero-order valence-corrected chi connectivity index (χ0v) is 13.9. The Labute approximate surface area is 126 Å². The summed E-state index contributed by atoms with van der Waals surface area (Å²) < 4.78 is 23.8. The molecule has 0 spiro atoms. The van der Waals surface area contributed by atoms with Crippen molar-refractivity contribution in [1.82, 2.24) is 0 Å². The third kappa shape index (κ3) is 4.70. The molecule has 1 rings (SSSR count). The molecule has 1 unspecified atom stereocenters. The molecular formula is C13H18BrO5P. The van der Waals surface area contributed by atoms with E-state index in [0.29, 0.717) is 0 Å². The third-order valence-electron chi connectivity index (χ3n) is 2.63. The van der Waals surface area contributed by atoms with E-state index >= 15 is 0 Å². The van der Waals surface area contributed by atoms with Gasteiger partial charge in [-0.2, -0.15) is 0 Å². The highest BCUT2D eigenvalue weighted by molar-refractivity contribution is 9.10. The molecule has 0 radical (unpaired) electrons. The van der Waals surface area contributed by atoms with Crippen molar-refractivity contribution >= 4 is 29.5 Å². The fourth-order valence-electron chi connectivity index (χ4n) is 1.76. The van der Waals surface area contributed by atoms with Crippen LogP contribution in [0.25, 0.3) is 0 Å². The van der Waals surface area contributed by atoms with E-state index in [4.69, 9.17) is 9.05 Å². The largest absolute Gasteiger partial charge is 0.481 e. The van der Waals surface area contributed by atoms with Crippen molar-refractivity contribution in [3.05, 3.63) is 34.3 Å². The van der Waals surface area contributed by atoms with Crippen molar-refractivity contribution in [3.63, 3.8) is 0 Å². The summed E-state index contributed by atoms with van der Waals surface area (Å²) in [6, 6.07) is 7.17. The van der Waals surface area contributed by atoms with E-state index in [0.717, 1.165) is 10.0 Å². The second-order valence-corrected chi connectivity index (χ2v) is 7.20. The Bertz CT molecular complexity index is 478. The van der Waals surface area contributed by atoms with Gasteiger partial charge in [0.1, 0.15) is 0 Å². The monoisotopic (exact) mass is 364 g/mol. The molecule has 0 aromatic heterocycles.